The Bertz CT molecular complexity index is 1090. The van der Waals surface area contributed by atoms with Crippen LogP contribution in [0.15, 0.2) is 48.7 Å². The molecule has 5 nitrogen and oxygen atoms in total. The molecule has 1 fully saturated rings. The second kappa shape index (κ2) is 7.35. The van der Waals surface area contributed by atoms with Crippen molar-refractivity contribution in [3.05, 3.63) is 71.2 Å². The molecule has 1 aliphatic rings. The number of nitrogens with one attached hydrogen (secondary N) is 1. The van der Waals surface area contributed by atoms with Crippen molar-refractivity contribution >= 4 is 22.7 Å². The molecule has 2 amide bonds. The Morgan fingerprint density at radius 3 is 2.31 bits per heavy atom. The molecule has 2 atom stereocenters. The number of hydrogen-bond acceptors (Lipinski definition) is 2. The summed E-state index contributed by atoms with van der Waals surface area (Å²) in [4.78, 5) is 32.5. The molecular weight excluding hydrogens is 369 g/mol. The van der Waals surface area contributed by atoms with Gasteiger partial charge >= 0.3 is 0 Å². The van der Waals surface area contributed by atoms with Gasteiger partial charge in [-0.1, -0.05) is 24.3 Å². The van der Waals surface area contributed by atoms with Gasteiger partial charge < -0.3 is 14.8 Å². The lowest BCUT2D eigenvalue weighted by atomic mass is 9.94. The molecule has 29 heavy (non-hydrogen) atoms. The number of amides is 2. The van der Waals surface area contributed by atoms with Crippen molar-refractivity contribution in [1.82, 2.24) is 14.8 Å². The Labute approximate surface area is 169 Å². The van der Waals surface area contributed by atoms with Crippen molar-refractivity contribution < 1.29 is 14.0 Å². The molecule has 2 heterocycles. The van der Waals surface area contributed by atoms with Gasteiger partial charge in [-0.05, 0) is 41.8 Å². The summed E-state index contributed by atoms with van der Waals surface area (Å²) < 4.78 is 13.5. The van der Waals surface area contributed by atoms with Crippen molar-refractivity contribution in [1.29, 1.82) is 0 Å². The van der Waals surface area contributed by atoms with Crippen molar-refractivity contribution in [3.8, 4) is 0 Å². The third-order valence-corrected chi connectivity index (χ3v) is 5.93. The minimum absolute atomic E-state index is 0.101. The zero-order valence-corrected chi connectivity index (χ0v) is 16.8. The van der Waals surface area contributed by atoms with Crippen LogP contribution in [0.2, 0.25) is 0 Å². The topological polar surface area (TPSA) is 56.4 Å². The maximum absolute atomic E-state index is 13.5. The predicted octanol–water partition coefficient (Wildman–Crippen LogP) is 3.07. The van der Waals surface area contributed by atoms with E-state index in [1.165, 1.54) is 17.0 Å². The molecule has 0 bridgehead atoms. The lowest BCUT2D eigenvalue weighted by Gasteiger charge is -2.42. The van der Waals surface area contributed by atoms with E-state index in [9.17, 15) is 14.0 Å². The van der Waals surface area contributed by atoms with Gasteiger partial charge in [-0.15, -0.1) is 0 Å². The third kappa shape index (κ3) is 3.39. The first kappa shape index (κ1) is 19.2. The van der Waals surface area contributed by atoms with Crippen LogP contribution in [0.4, 0.5) is 4.39 Å². The highest BCUT2D eigenvalue weighted by molar-refractivity contribution is 5.97. The van der Waals surface area contributed by atoms with Crippen LogP contribution in [0.25, 0.3) is 10.9 Å². The summed E-state index contributed by atoms with van der Waals surface area (Å²) in [6.45, 7) is 2.04. The van der Waals surface area contributed by atoms with Crippen molar-refractivity contribution in [3.63, 3.8) is 0 Å². The van der Waals surface area contributed by atoms with Gasteiger partial charge in [-0.25, -0.2) is 4.39 Å². The number of aryl methyl sites for hydroxylation is 1. The number of hydrogen-bond donors (Lipinski definition) is 1. The van der Waals surface area contributed by atoms with Crippen LogP contribution in [0, 0.1) is 12.7 Å². The minimum Gasteiger partial charge on any atom is -0.361 e. The maximum atomic E-state index is 13.5. The number of piperazine rings is 1. The molecule has 0 aliphatic carbocycles. The highest BCUT2D eigenvalue weighted by Gasteiger charge is 2.42. The van der Waals surface area contributed by atoms with E-state index in [1.54, 1.807) is 31.1 Å². The molecule has 3 aromatic rings. The molecule has 2 aromatic carbocycles. The molecule has 0 saturated carbocycles. The molecule has 6 heteroatoms. The average molecular weight is 393 g/mol. The molecule has 4 rings (SSSR count). The molecule has 0 spiro atoms. The number of fused-ring (bicyclic) bond motifs is 1. The molecule has 1 aliphatic heterocycles. The van der Waals surface area contributed by atoms with E-state index < -0.39 is 12.1 Å². The smallest absolute Gasteiger partial charge is 0.246 e. The fourth-order valence-electron chi connectivity index (χ4n) is 4.26. The fraction of sp³-hybridized carbons (Fsp3) is 0.304. The molecule has 1 aromatic heterocycles. The monoisotopic (exact) mass is 393 g/mol. The molecule has 0 radical (unpaired) electrons. The first-order valence-corrected chi connectivity index (χ1v) is 9.70. The second-order valence-corrected chi connectivity index (χ2v) is 7.78. The average Bonchev–Trinajstić information content (AvgIpc) is 3.11. The van der Waals surface area contributed by atoms with E-state index in [2.05, 4.69) is 4.98 Å². The summed E-state index contributed by atoms with van der Waals surface area (Å²) in [6.07, 6.45) is 2.66. The van der Waals surface area contributed by atoms with Crippen LogP contribution in [0.3, 0.4) is 0 Å². The first-order valence-electron chi connectivity index (χ1n) is 9.70. The van der Waals surface area contributed by atoms with Crippen molar-refractivity contribution in [2.75, 3.05) is 14.1 Å². The van der Waals surface area contributed by atoms with E-state index in [0.717, 1.165) is 22.0 Å². The molecular formula is C23H24FN3O2. The zero-order valence-electron chi connectivity index (χ0n) is 16.8. The SMILES string of the molecule is Cc1cccc2[nH]cc(C[C@H]3C(=O)N(C)[C@@H](Cc4cccc(F)c4)C(=O)N3C)c12. The molecule has 0 unspecified atom stereocenters. The Kier molecular flexibility index (Phi) is 4.86. The number of carbonyl (C=O) groups excluding carboxylic acids is 2. The third-order valence-electron chi connectivity index (χ3n) is 5.93. The van der Waals surface area contributed by atoms with Gasteiger partial charge in [0.1, 0.15) is 17.9 Å². The summed E-state index contributed by atoms with van der Waals surface area (Å²) in [6, 6.07) is 11.0. The standard InChI is InChI=1S/C23H24FN3O2/c1-14-6-4-9-18-21(14)16(13-25-18)12-20-23(29)26(2)19(22(28)27(20)3)11-15-7-5-8-17(24)10-15/h4-10,13,19-20,25H,11-12H2,1-3H3/t19-,20-/m0/s1. The summed E-state index contributed by atoms with van der Waals surface area (Å²) in [5.41, 5.74) is 3.87. The fourth-order valence-corrected chi connectivity index (χ4v) is 4.26. The van der Waals surface area contributed by atoms with Gasteiger partial charge in [0.2, 0.25) is 11.8 Å². The number of benzene rings is 2. The molecule has 150 valence electrons. The number of rotatable bonds is 4. The van der Waals surface area contributed by atoms with Gasteiger partial charge in [0.05, 0.1) is 0 Å². The maximum Gasteiger partial charge on any atom is 0.246 e. The predicted molar refractivity (Wildman–Crippen MR) is 110 cm³/mol. The van der Waals surface area contributed by atoms with Gasteiger partial charge in [0, 0.05) is 44.0 Å². The molecule has 1 N–H and O–H groups in total. The number of H-pyrrole nitrogens is 1. The largest absolute Gasteiger partial charge is 0.361 e. The van der Waals surface area contributed by atoms with Crippen LogP contribution in [-0.2, 0) is 22.4 Å². The quantitative estimate of drug-likeness (QED) is 0.741. The minimum atomic E-state index is -0.629. The first-order chi connectivity index (χ1) is 13.9. The van der Waals surface area contributed by atoms with Crippen LogP contribution in [0.1, 0.15) is 16.7 Å². The highest BCUT2D eigenvalue weighted by Crippen LogP contribution is 2.27. The molecule has 1 saturated heterocycles. The van der Waals surface area contributed by atoms with Gasteiger partial charge in [0.25, 0.3) is 0 Å². The Hall–Kier alpha value is -3.15. The number of aromatic nitrogens is 1. The Morgan fingerprint density at radius 2 is 1.62 bits per heavy atom. The normalized spacial score (nSPS) is 20.0. The Balaban J connectivity index is 1.59. The van der Waals surface area contributed by atoms with E-state index in [1.807, 2.05) is 31.3 Å². The Morgan fingerprint density at radius 1 is 0.966 bits per heavy atom. The lowest BCUT2D eigenvalue weighted by Crippen LogP contribution is -2.63. The number of likely N-dealkylation sites (N-methyl/N-ethyl adjacent to an activating group) is 2. The van der Waals surface area contributed by atoms with Crippen molar-refractivity contribution in [2.45, 2.75) is 31.8 Å². The number of nitrogens with zero attached hydrogens (tertiary/aromatic N) is 2. The van der Waals surface area contributed by atoms with E-state index >= 15 is 0 Å². The van der Waals surface area contributed by atoms with E-state index in [0.29, 0.717) is 18.4 Å². The summed E-state index contributed by atoms with van der Waals surface area (Å²) in [5.74, 6) is -0.574. The van der Waals surface area contributed by atoms with E-state index in [4.69, 9.17) is 0 Å². The van der Waals surface area contributed by atoms with Crippen LogP contribution in [-0.4, -0.2) is 52.8 Å². The number of halogens is 1. The zero-order chi connectivity index (χ0) is 20.7. The van der Waals surface area contributed by atoms with Gasteiger partial charge in [-0.3, -0.25) is 9.59 Å². The van der Waals surface area contributed by atoms with Crippen LogP contribution < -0.4 is 0 Å². The second-order valence-electron chi connectivity index (χ2n) is 7.78. The lowest BCUT2D eigenvalue weighted by molar-refractivity contribution is -0.158. The number of aromatic amines is 1. The summed E-state index contributed by atoms with van der Waals surface area (Å²) in [7, 11) is 3.34. The van der Waals surface area contributed by atoms with Crippen LogP contribution in [0.5, 0.6) is 0 Å². The van der Waals surface area contributed by atoms with Crippen LogP contribution >= 0.6 is 0 Å². The van der Waals surface area contributed by atoms with Gasteiger partial charge in [-0.2, -0.15) is 0 Å². The van der Waals surface area contributed by atoms with Gasteiger partial charge in [0.15, 0.2) is 0 Å². The number of carbonyl (C=O) groups is 2. The summed E-state index contributed by atoms with van der Waals surface area (Å²) >= 11 is 0. The highest BCUT2D eigenvalue weighted by atomic mass is 19.1. The van der Waals surface area contributed by atoms with E-state index in [-0.39, 0.29) is 17.6 Å². The van der Waals surface area contributed by atoms with Crippen molar-refractivity contribution in [2.24, 2.45) is 0 Å². The summed E-state index contributed by atoms with van der Waals surface area (Å²) in [5, 5.41) is 1.10.